The summed E-state index contributed by atoms with van der Waals surface area (Å²) >= 11 is 0. The fourth-order valence-corrected chi connectivity index (χ4v) is 1.04. The summed E-state index contributed by atoms with van der Waals surface area (Å²) in [5.41, 5.74) is 6.41. The first-order valence-electron chi connectivity index (χ1n) is 3.92. The largest absolute Gasteiger partial charge is 0.575 e. The standard InChI is InChI=1S/C10H8N3/c1-8-2-3-10(13-12-8)9-4-6-11-7-5-9/h2-7H,1H2/q-1. The maximum absolute atomic E-state index is 4.01. The molecule has 0 atom stereocenters. The Bertz CT molecular complexity index is 376. The van der Waals surface area contributed by atoms with E-state index in [4.69, 9.17) is 0 Å². The highest BCUT2D eigenvalue weighted by molar-refractivity contribution is 6.09. The van der Waals surface area contributed by atoms with Gasteiger partial charge in [0.25, 0.3) is 0 Å². The molecule has 0 fully saturated rings. The molecule has 0 aliphatic carbocycles. The van der Waals surface area contributed by atoms with Gasteiger partial charge in [-0.25, -0.2) is 0 Å². The lowest BCUT2D eigenvalue weighted by Crippen LogP contribution is -1.99. The fraction of sp³-hybridized carbons (Fsp3) is 0. The molecule has 0 aromatic carbocycles. The zero-order chi connectivity index (χ0) is 9.10. The van der Waals surface area contributed by atoms with Crippen LogP contribution in [-0.2, 0) is 0 Å². The lowest BCUT2D eigenvalue weighted by atomic mass is 10.1. The Kier molecular flexibility index (Phi) is 1.92. The third-order valence-electron chi connectivity index (χ3n) is 1.70. The highest BCUT2D eigenvalue weighted by atomic mass is 15.3. The second-order valence-corrected chi connectivity index (χ2v) is 2.65. The Labute approximate surface area is 76.5 Å². The van der Waals surface area contributed by atoms with E-state index in [1.54, 1.807) is 12.4 Å². The van der Waals surface area contributed by atoms with Crippen molar-refractivity contribution in [1.29, 1.82) is 0 Å². The van der Waals surface area contributed by atoms with E-state index in [0.717, 1.165) is 11.3 Å². The predicted octanol–water partition coefficient (Wildman–Crippen LogP) is 2.24. The molecule has 0 N–H and O–H groups in total. The molecule has 0 radical (unpaired) electrons. The van der Waals surface area contributed by atoms with Gasteiger partial charge in [0.2, 0.25) is 0 Å². The molecule has 0 saturated heterocycles. The van der Waals surface area contributed by atoms with E-state index in [-0.39, 0.29) is 0 Å². The van der Waals surface area contributed by atoms with Crippen molar-refractivity contribution in [2.45, 2.75) is 0 Å². The molecule has 64 valence electrons. The molecule has 0 spiro atoms. The molecule has 1 aliphatic heterocycles. The molecule has 3 heteroatoms. The van der Waals surface area contributed by atoms with Crippen molar-refractivity contribution in [3.63, 3.8) is 0 Å². The molecule has 2 rings (SSSR count). The summed E-state index contributed by atoms with van der Waals surface area (Å²) in [6.45, 7) is 3.67. The van der Waals surface area contributed by atoms with Crippen molar-refractivity contribution in [2.75, 3.05) is 0 Å². The lowest BCUT2D eigenvalue weighted by molar-refractivity contribution is 1.31. The Morgan fingerprint density at radius 2 is 1.92 bits per heavy atom. The summed E-state index contributed by atoms with van der Waals surface area (Å²) < 4.78 is 0. The zero-order valence-corrected chi connectivity index (χ0v) is 7.01. The zero-order valence-electron chi connectivity index (χ0n) is 7.01. The highest BCUT2D eigenvalue weighted by Gasteiger charge is 1.97. The van der Waals surface area contributed by atoms with Crippen LogP contribution >= 0.6 is 0 Å². The van der Waals surface area contributed by atoms with E-state index < -0.39 is 0 Å². The molecule has 0 amide bonds. The van der Waals surface area contributed by atoms with Crippen LogP contribution in [0.4, 0.5) is 0 Å². The van der Waals surface area contributed by atoms with E-state index in [1.807, 2.05) is 24.3 Å². The van der Waals surface area contributed by atoms with Crippen molar-refractivity contribution in [3.05, 3.63) is 59.9 Å². The summed E-state index contributed by atoms with van der Waals surface area (Å²) in [4.78, 5) is 3.93. The molecule has 1 aromatic rings. The third kappa shape index (κ3) is 1.64. The van der Waals surface area contributed by atoms with E-state index in [2.05, 4.69) is 22.1 Å². The van der Waals surface area contributed by atoms with Gasteiger partial charge in [0.15, 0.2) is 0 Å². The van der Waals surface area contributed by atoms with Crippen LogP contribution in [0, 0.1) is 0 Å². The Balaban J connectivity index is 2.30. The molecule has 2 heterocycles. The lowest BCUT2D eigenvalue weighted by Gasteiger charge is -2.21. The van der Waals surface area contributed by atoms with Crippen LogP contribution in [0.2, 0.25) is 0 Å². The van der Waals surface area contributed by atoms with E-state index in [0.29, 0.717) is 5.70 Å². The maximum atomic E-state index is 4.01. The molecule has 1 aromatic heterocycles. The number of rotatable bonds is 1. The van der Waals surface area contributed by atoms with Gasteiger partial charge < -0.3 is 10.5 Å². The summed E-state index contributed by atoms with van der Waals surface area (Å²) in [7, 11) is 0. The van der Waals surface area contributed by atoms with Crippen LogP contribution in [0.1, 0.15) is 5.56 Å². The van der Waals surface area contributed by atoms with Gasteiger partial charge in [-0.1, -0.05) is 6.08 Å². The smallest absolute Gasteiger partial charge is 0.0485 e. The molecule has 1 aliphatic rings. The summed E-state index contributed by atoms with van der Waals surface area (Å²) in [6, 6.07) is 3.79. The van der Waals surface area contributed by atoms with Gasteiger partial charge in [-0.2, -0.15) is 0 Å². The monoisotopic (exact) mass is 170 g/mol. The van der Waals surface area contributed by atoms with Gasteiger partial charge in [0.1, 0.15) is 0 Å². The SMILES string of the molecule is C=C1C=CC(c2ccncc2)=N[N-]1. The van der Waals surface area contributed by atoms with Crippen molar-refractivity contribution in [1.82, 2.24) is 4.98 Å². The number of nitrogens with zero attached hydrogens (tertiary/aromatic N) is 3. The minimum Gasteiger partial charge on any atom is -0.575 e. The third-order valence-corrected chi connectivity index (χ3v) is 1.70. The molecule has 3 nitrogen and oxygen atoms in total. The number of aromatic nitrogens is 1. The molecular weight excluding hydrogens is 162 g/mol. The minimum absolute atomic E-state index is 0.679. The van der Waals surface area contributed by atoms with E-state index in [9.17, 15) is 0 Å². The van der Waals surface area contributed by atoms with E-state index in [1.165, 1.54) is 0 Å². The van der Waals surface area contributed by atoms with Crippen LogP contribution in [0.25, 0.3) is 5.43 Å². The van der Waals surface area contributed by atoms with Crippen LogP contribution in [0.3, 0.4) is 0 Å². The van der Waals surface area contributed by atoms with Crippen LogP contribution in [0.5, 0.6) is 0 Å². The van der Waals surface area contributed by atoms with Crippen LogP contribution in [0.15, 0.2) is 54.1 Å². The van der Waals surface area contributed by atoms with Crippen molar-refractivity contribution in [2.24, 2.45) is 5.10 Å². The first-order valence-corrected chi connectivity index (χ1v) is 3.92. The molecule has 0 unspecified atom stereocenters. The van der Waals surface area contributed by atoms with Gasteiger partial charge in [0, 0.05) is 23.7 Å². The first-order chi connectivity index (χ1) is 6.36. The minimum atomic E-state index is 0.679. The second-order valence-electron chi connectivity index (χ2n) is 2.65. The van der Waals surface area contributed by atoms with Crippen LogP contribution < -0.4 is 0 Å². The molecular formula is C10H8N3-. The number of hydrogen-bond acceptors (Lipinski definition) is 2. The first kappa shape index (κ1) is 7.73. The molecule has 0 saturated carbocycles. The molecule has 13 heavy (non-hydrogen) atoms. The fourth-order valence-electron chi connectivity index (χ4n) is 1.04. The van der Waals surface area contributed by atoms with Crippen LogP contribution in [-0.4, -0.2) is 10.7 Å². The average Bonchev–Trinajstić information content (AvgIpc) is 2.20. The van der Waals surface area contributed by atoms with Crippen molar-refractivity contribution >= 4 is 5.71 Å². The van der Waals surface area contributed by atoms with Gasteiger partial charge in [0.05, 0.1) is 0 Å². The Hall–Kier alpha value is -1.90. The van der Waals surface area contributed by atoms with Gasteiger partial charge in [-0.3, -0.25) is 4.98 Å². The number of hydrogen-bond donors (Lipinski definition) is 0. The summed E-state index contributed by atoms with van der Waals surface area (Å²) in [5, 5.41) is 4.01. The topological polar surface area (TPSA) is 39.4 Å². The number of pyridine rings is 1. The predicted molar refractivity (Wildman–Crippen MR) is 52.4 cm³/mol. The van der Waals surface area contributed by atoms with Crippen molar-refractivity contribution in [3.8, 4) is 0 Å². The van der Waals surface area contributed by atoms with Gasteiger partial charge in [-0.15, -0.1) is 12.3 Å². The summed E-state index contributed by atoms with van der Waals surface area (Å²) in [5.74, 6) is 0. The average molecular weight is 170 g/mol. The second kappa shape index (κ2) is 3.23. The van der Waals surface area contributed by atoms with Gasteiger partial charge in [-0.05, 0) is 18.2 Å². The van der Waals surface area contributed by atoms with Gasteiger partial charge >= 0.3 is 0 Å². The van der Waals surface area contributed by atoms with Crippen molar-refractivity contribution < 1.29 is 0 Å². The number of allylic oxidation sites excluding steroid dienone is 2. The summed E-state index contributed by atoms with van der Waals surface area (Å²) in [6.07, 6.45) is 7.19. The van der Waals surface area contributed by atoms with E-state index >= 15 is 0 Å². The Morgan fingerprint density at radius 1 is 1.15 bits per heavy atom. The normalized spacial score (nSPS) is 15.1. The Morgan fingerprint density at radius 3 is 2.54 bits per heavy atom. The quantitative estimate of drug-likeness (QED) is 0.637. The highest BCUT2D eigenvalue weighted by Crippen LogP contribution is 2.14. The molecule has 0 bridgehead atoms. The maximum Gasteiger partial charge on any atom is 0.0485 e.